The third-order valence-electron chi connectivity index (χ3n) is 7.10. The Kier molecular flexibility index (Phi) is 6.87. The summed E-state index contributed by atoms with van der Waals surface area (Å²) in [5, 5.41) is 0.803. The molecule has 0 bridgehead atoms. The van der Waals surface area contributed by atoms with Crippen LogP contribution in [0.4, 0.5) is 11.4 Å². The molecule has 2 aliphatic heterocycles. The van der Waals surface area contributed by atoms with Gasteiger partial charge in [0.15, 0.2) is 0 Å². The Balaban J connectivity index is 1.24. The molecule has 1 aromatic heterocycles. The molecule has 4 aromatic rings. The van der Waals surface area contributed by atoms with Crippen LogP contribution in [0.5, 0.6) is 0 Å². The first kappa shape index (κ1) is 24.6. The van der Waals surface area contributed by atoms with Crippen LogP contribution in [-0.4, -0.2) is 41.5 Å². The minimum atomic E-state index is -0.388. The van der Waals surface area contributed by atoms with Gasteiger partial charge in [0.05, 0.1) is 28.9 Å². The molecule has 192 valence electrons. The van der Waals surface area contributed by atoms with Gasteiger partial charge in [-0.15, -0.1) is 0 Å². The number of pyridine rings is 1. The van der Waals surface area contributed by atoms with Crippen LogP contribution in [-0.2, 0) is 22.5 Å². The Morgan fingerprint density at radius 1 is 0.947 bits per heavy atom. The van der Waals surface area contributed by atoms with Crippen molar-refractivity contribution in [1.29, 1.82) is 0 Å². The smallest absolute Gasteiger partial charge is 0.339 e. The van der Waals surface area contributed by atoms with Crippen LogP contribution in [0, 0.1) is 0 Å². The fraction of sp³-hybridized carbons (Fsp3) is 0.258. The Morgan fingerprint density at radius 3 is 2.37 bits per heavy atom. The second-order valence-corrected chi connectivity index (χ2v) is 10.7. The Bertz CT molecular complexity index is 1490. The summed E-state index contributed by atoms with van der Waals surface area (Å²) in [4.78, 5) is 38.1. The number of hydrogen-bond acceptors (Lipinski definition) is 6. The summed E-state index contributed by atoms with van der Waals surface area (Å²) in [5.41, 5.74) is 5.03. The molecule has 0 atom stereocenters. The summed E-state index contributed by atoms with van der Waals surface area (Å²) in [6.07, 6.45) is 1.95. The Morgan fingerprint density at radius 2 is 1.63 bits per heavy atom. The van der Waals surface area contributed by atoms with Gasteiger partial charge >= 0.3 is 5.97 Å². The molecule has 0 aliphatic carbocycles. The van der Waals surface area contributed by atoms with Crippen molar-refractivity contribution in [3.05, 3.63) is 89.6 Å². The van der Waals surface area contributed by atoms with E-state index >= 15 is 0 Å². The van der Waals surface area contributed by atoms with E-state index in [4.69, 9.17) is 9.72 Å². The van der Waals surface area contributed by atoms with Crippen LogP contribution in [0.3, 0.4) is 0 Å². The molecular formula is C31H29N3O3S. The lowest BCUT2D eigenvalue weighted by atomic mass is 9.95. The number of para-hydroxylation sites is 3. The zero-order valence-electron chi connectivity index (χ0n) is 21.4. The number of anilines is 2. The summed E-state index contributed by atoms with van der Waals surface area (Å²) < 4.78 is 5.80. The van der Waals surface area contributed by atoms with Crippen LogP contribution >= 0.6 is 11.8 Å². The van der Waals surface area contributed by atoms with E-state index in [1.165, 1.54) is 0 Å². The van der Waals surface area contributed by atoms with Gasteiger partial charge in [-0.05, 0) is 43.3 Å². The summed E-state index contributed by atoms with van der Waals surface area (Å²) in [5.74, 6) is -0.491. The van der Waals surface area contributed by atoms with Crippen molar-refractivity contribution < 1.29 is 14.3 Å². The summed E-state index contributed by atoms with van der Waals surface area (Å²) in [7, 11) is 0. The zero-order valence-corrected chi connectivity index (χ0v) is 22.2. The number of carbonyl (C=O) groups excluding carboxylic acids is 2. The highest BCUT2D eigenvalue weighted by Crippen LogP contribution is 2.48. The molecule has 38 heavy (non-hydrogen) atoms. The lowest BCUT2D eigenvalue weighted by molar-refractivity contribution is -0.118. The van der Waals surface area contributed by atoms with Crippen molar-refractivity contribution in [2.24, 2.45) is 0 Å². The Labute approximate surface area is 226 Å². The standard InChI is InChI=1S/C31H29N3O3S/c1-2-17-33-18-15-24-22(20-33)30(21-9-3-4-10-23(21)32-24)31(36)37-19-16-29(35)34-25-11-5-7-13-27(25)38-28-14-8-6-12-26(28)34/h3-14H,2,15-20H2,1H3. The highest BCUT2D eigenvalue weighted by atomic mass is 32.2. The normalized spacial score (nSPS) is 14.5. The minimum absolute atomic E-state index is 0.00966. The highest BCUT2D eigenvalue weighted by molar-refractivity contribution is 7.99. The number of amides is 1. The predicted octanol–water partition coefficient (Wildman–Crippen LogP) is 6.38. The number of carbonyl (C=O) groups is 2. The number of ether oxygens (including phenoxy) is 1. The third kappa shape index (κ3) is 4.57. The van der Waals surface area contributed by atoms with E-state index < -0.39 is 0 Å². The van der Waals surface area contributed by atoms with Crippen LogP contribution < -0.4 is 4.90 Å². The maximum absolute atomic E-state index is 13.6. The average Bonchev–Trinajstić information content (AvgIpc) is 2.94. The number of benzene rings is 3. The molecule has 3 aromatic carbocycles. The van der Waals surface area contributed by atoms with Gasteiger partial charge in [-0.3, -0.25) is 19.6 Å². The molecule has 0 unspecified atom stereocenters. The summed E-state index contributed by atoms with van der Waals surface area (Å²) in [6, 6.07) is 23.5. The van der Waals surface area contributed by atoms with Crippen LogP contribution in [0.15, 0.2) is 82.6 Å². The van der Waals surface area contributed by atoms with E-state index in [-0.39, 0.29) is 24.9 Å². The van der Waals surface area contributed by atoms with Gasteiger partial charge in [-0.2, -0.15) is 0 Å². The lowest BCUT2D eigenvalue weighted by Crippen LogP contribution is -2.33. The van der Waals surface area contributed by atoms with Crippen LogP contribution in [0.25, 0.3) is 10.9 Å². The van der Waals surface area contributed by atoms with Crippen LogP contribution in [0.1, 0.15) is 41.4 Å². The summed E-state index contributed by atoms with van der Waals surface area (Å²) >= 11 is 1.66. The molecule has 2 aliphatic rings. The molecule has 0 saturated heterocycles. The van der Waals surface area contributed by atoms with E-state index in [0.29, 0.717) is 12.1 Å². The van der Waals surface area contributed by atoms with Crippen molar-refractivity contribution in [3.8, 4) is 0 Å². The van der Waals surface area contributed by atoms with Crippen LogP contribution in [0.2, 0.25) is 0 Å². The first-order valence-corrected chi connectivity index (χ1v) is 13.9. The van der Waals surface area contributed by atoms with Crippen molar-refractivity contribution in [3.63, 3.8) is 0 Å². The average molecular weight is 524 g/mol. The molecule has 3 heterocycles. The van der Waals surface area contributed by atoms with Gasteiger partial charge in [0.25, 0.3) is 0 Å². The lowest BCUT2D eigenvalue weighted by Gasteiger charge is -2.31. The molecule has 1 amide bonds. The van der Waals surface area contributed by atoms with Gasteiger partial charge < -0.3 is 4.74 Å². The monoisotopic (exact) mass is 523 g/mol. The maximum atomic E-state index is 13.6. The largest absolute Gasteiger partial charge is 0.462 e. The SMILES string of the molecule is CCCN1CCc2nc3ccccc3c(C(=O)OCCC(=O)N3c4ccccc4Sc4ccccc43)c2C1. The van der Waals surface area contributed by atoms with E-state index in [1.807, 2.05) is 72.8 Å². The van der Waals surface area contributed by atoms with Gasteiger partial charge in [0.1, 0.15) is 6.61 Å². The topological polar surface area (TPSA) is 62.7 Å². The van der Waals surface area contributed by atoms with Crippen molar-refractivity contribution in [2.45, 2.75) is 42.5 Å². The van der Waals surface area contributed by atoms with E-state index in [9.17, 15) is 9.59 Å². The summed E-state index contributed by atoms with van der Waals surface area (Å²) in [6.45, 7) is 4.77. The first-order valence-electron chi connectivity index (χ1n) is 13.1. The molecule has 0 saturated carbocycles. The predicted molar refractivity (Wildman–Crippen MR) is 150 cm³/mol. The second-order valence-electron chi connectivity index (χ2n) is 9.61. The van der Waals surface area contributed by atoms with Gasteiger partial charge in [-0.1, -0.05) is 61.2 Å². The number of fused-ring (bicyclic) bond motifs is 4. The molecule has 0 N–H and O–H groups in total. The second kappa shape index (κ2) is 10.6. The van der Waals surface area contributed by atoms with E-state index in [0.717, 1.165) is 69.3 Å². The first-order chi connectivity index (χ1) is 18.6. The van der Waals surface area contributed by atoms with Gasteiger partial charge in [-0.25, -0.2) is 4.79 Å². The van der Waals surface area contributed by atoms with E-state index in [1.54, 1.807) is 16.7 Å². The molecule has 0 spiro atoms. The molecule has 7 heteroatoms. The Hall–Kier alpha value is -3.68. The van der Waals surface area contributed by atoms with Crippen molar-refractivity contribution in [2.75, 3.05) is 24.6 Å². The van der Waals surface area contributed by atoms with Gasteiger partial charge in [0, 0.05) is 45.9 Å². The maximum Gasteiger partial charge on any atom is 0.339 e. The van der Waals surface area contributed by atoms with E-state index in [2.05, 4.69) is 11.8 Å². The van der Waals surface area contributed by atoms with Crippen molar-refractivity contribution >= 4 is 45.9 Å². The number of nitrogens with zero attached hydrogens (tertiary/aromatic N) is 3. The quantitative estimate of drug-likeness (QED) is 0.273. The number of esters is 1. The molecule has 6 nitrogen and oxygen atoms in total. The van der Waals surface area contributed by atoms with Crippen molar-refractivity contribution in [1.82, 2.24) is 9.88 Å². The molecule has 0 radical (unpaired) electrons. The third-order valence-corrected chi connectivity index (χ3v) is 8.23. The number of hydrogen-bond donors (Lipinski definition) is 0. The number of rotatable bonds is 6. The molecule has 0 fully saturated rings. The highest BCUT2D eigenvalue weighted by Gasteiger charge is 2.29. The van der Waals surface area contributed by atoms with Gasteiger partial charge in [0.2, 0.25) is 5.91 Å². The fourth-order valence-corrected chi connectivity index (χ4v) is 6.43. The molecular weight excluding hydrogens is 494 g/mol. The zero-order chi connectivity index (χ0) is 26.1. The number of aromatic nitrogens is 1. The fourth-order valence-electron chi connectivity index (χ4n) is 5.37. The minimum Gasteiger partial charge on any atom is -0.462 e. The molecule has 6 rings (SSSR count).